The summed E-state index contributed by atoms with van der Waals surface area (Å²) in [7, 11) is 0. The summed E-state index contributed by atoms with van der Waals surface area (Å²) in [4.78, 5) is 13.3. The molecule has 6 heteroatoms. The Morgan fingerprint density at radius 3 is 2.88 bits per heavy atom. The zero-order valence-corrected chi connectivity index (χ0v) is 11.3. The van der Waals surface area contributed by atoms with Crippen molar-refractivity contribution in [2.75, 3.05) is 5.32 Å². The largest absolute Gasteiger partial charge is 0.319 e. The Labute approximate surface area is 109 Å². The van der Waals surface area contributed by atoms with Crippen molar-refractivity contribution in [3.63, 3.8) is 0 Å². The Morgan fingerprint density at radius 1 is 1.59 bits per heavy atom. The monoisotopic (exact) mass is 267 g/mol. The maximum Gasteiger partial charge on any atom is 0.265 e. The number of anilines is 1. The van der Waals surface area contributed by atoms with Crippen LogP contribution in [0.2, 0.25) is 0 Å². The lowest BCUT2D eigenvalue weighted by Crippen LogP contribution is -2.09. The van der Waals surface area contributed by atoms with Crippen LogP contribution in [-0.2, 0) is 0 Å². The summed E-state index contributed by atoms with van der Waals surface area (Å²) in [6.45, 7) is 4.07. The van der Waals surface area contributed by atoms with Gasteiger partial charge in [-0.25, -0.2) is 0 Å². The highest BCUT2D eigenvalue weighted by atomic mass is 32.1. The molecule has 0 atom stereocenters. The van der Waals surface area contributed by atoms with Gasteiger partial charge in [0, 0.05) is 22.5 Å². The summed E-state index contributed by atoms with van der Waals surface area (Å²) in [5, 5.41) is 8.79. The van der Waals surface area contributed by atoms with Gasteiger partial charge >= 0.3 is 0 Å². The summed E-state index contributed by atoms with van der Waals surface area (Å²) in [5.41, 5.74) is 0.706. The van der Waals surface area contributed by atoms with Crippen LogP contribution in [-0.4, -0.2) is 15.7 Å². The molecule has 0 fully saturated rings. The third-order valence-corrected chi connectivity index (χ3v) is 3.56. The molecule has 0 saturated carbocycles. The van der Waals surface area contributed by atoms with Crippen LogP contribution in [0, 0.1) is 0 Å². The van der Waals surface area contributed by atoms with Gasteiger partial charge in [0.2, 0.25) is 0 Å². The first kappa shape index (κ1) is 12.2. The molecule has 90 valence electrons. The standard InChI is InChI=1S/C11H13N3OS2/c1-7(2)14-5-8(4-12-14)13-11(15)10-3-9(16)6-17-10/h3-7,16H,1-2H3,(H,13,15). The van der Waals surface area contributed by atoms with Crippen LogP contribution in [0.25, 0.3) is 0 Å². The molecule has 0 aromatic carbocycles. The van der Waals surface area contributed by atoms with E-state index in [2.05, 4.69) is 23.0 Å². The Hall–Kier alpha value is -1.27. The quantitative estimate of drug-likeness (QED) is 0.840. The molecule has 4 nitrogen and oxygen atoms in total. The van der Waals surface area contributed by atoms with E-state index in [1.54, 1.807) is 16.9 Å². The van der Waals surface area contributed by atoms with Crippen molar-refractivity contribution in [2.45, 2.75) is 24.8 Å². The molecule has 0 aliphatic carbocycles. The summed E-state index contributed by atoms with van der Waals surface area (Å²) >= 11 is 5.55. The number of carbonyl (C=O) groups is 1. The summed E-state index contributed by atoms with van der Waals surface area (Å²) in [6.07, 6.45) is 3.46. The molecule has 0 aliphatic rings. The van der Waals surface area contributed by atoms with Gasteiger partial charge in [-0.05, 0) is 19.9 Å². The molecule has 2 aromatic rings. The van der Waals surface area contributed by atoms with Gasteiger partial charge in [-0.3, -0.25) is 9.48 Å². The normalized spacial score (nSPS) is 10.8. The van der Waals surface area contributed by atoms with E-state index in [1.807, 2.05) is 25.4 Å². The second-order valence-electron chi connectivity index (χ2n) is 3.93. The van der Waals surface area contributed by atoms with Crippen molar-refractivity contribution in [1.82, 2.24) is 9.78 Å². The zero-order chi connectivity index (χ0) is 12.4. The van der Waals surface area contributed by atoms with Crippen LogP contribution in [0.1, 0.15) is 29.6 Å². The van der Waals surface area contributed by atoms with E-state index in [0.717, 1.165) is 4.90 Å². The topological polar surface area (TPSA) is 46.9 Å². The Balaban J connectivity index is 2.07. The number of thiol groups is 1. The maximum absolute atomic E-state index is 11.8. The Morgan fingerprint density at radius 2 is 2.35 bits per heavy atom. The van der Waals surface area contributed by atoms with Crippen LogP contribution in [0.15, 0.2) is 28.7 Å². The highest BCUT2D eigenvalue weighted by Gasteiger charge is 2.10. The molecule has 2 aromatic heterocycles. The van der Waals surface area contributed by atoms with E-state index in [1.165, 1.54) is 11.3 Å². The fourth-order valence-electron chi connectivity index (χ4n) is 1.32. The van der Waals surface area contributed by atoms with Crippen LogP contribution in [0.3, 0.4) is 0 Å². The number of hydrogen-bond acceptors (Lipinski definition) is 4. The molecule has 17 heavy (non-hydrogen) atoms. The number of nitrogens with one attached hydrogen (secondary N) is 1. The first-order chi connectivity index (χ1) is 8.06. The lowest BCUT2D eigenvalue weighted by atomic mass is 10.4. The van der Waals surface area contributed by atoms with Crippen molar-refractivity contribution in [3.05, 3.63) is 28.7 Å². The first-order valence-electron chi connectivity index (χ1n) is 5.19. The fourth-order valence-corrected chi connectivity index (χ4v) is 2.37. The van der Waals surface area contributed by atoms with Gasteiger partial charge in [-0.2, -0.15) is 5.10 Å². The minimum atomic E-state index is -0.126. The van der Waals surface area contributed by atoms with Crippen LogP contribution < -0.4 is 5.32 Å². The number of amides is 1. The van der Waals surface area contributed by atoms with Gasteiger partial charge < -0.3 is 5.32 Å². The molecule has 1 N–H and O–H groups in total. The summed E-state index contributed by atoms with van der Waals surface area (Å²) in [6, 6.07) is 2.03. The van der Waals surface area contributed by atoms with Crippen LogP contribution in [0.5, 0.6) is 0 Å². The van der Waals surface area contributed by atoms with Crippen molar-refractivity contribution in [3.8, 4) is 0 Å². The van der Waals surface area contributed by atoms with Gasteiger partial charge in [0.1, 0.15) is 0 Å². The third kappa shape index (κ3) is 2.89. The minimum Gasteiger partial charge on any atom is -0.319 e. The molecular weight excluding hydrogens is 254 g/mol. The van der Waals surface area contributed by atoms with Crippen molar-refractivity contribution < 1.29 is 4.79 Å². The van der Waals surface area contributed by atoms with E-state index in [4.69, 9.17) is 0 Å². The smallest absolute Gasteiger partial charge is 0.265 e. The Bertz CT molecular complexity index is 530. The van der Waals surface area contributed by atoms with E-state index in [-0.39, 0.29) is 11.9 Å². The molecule has 0 bridgehead atoms. The van der Waals surface area contributed by atoms with E-state index in [0.29, 0.717) is 10.6 Å². The maximum atomic E-state index is 11.8. The Kier molecular flexibility index (Phi) is 3.54. The van der Waals surface area contributed by atoms with E-state index >= 15 is 0 Å². The molecule has 2 heterocycles. The molecule has 0 radical (unpaired) electrons. The molecule has 0 aliphatic heterocycles. The van der Waals surface area contributed by atoms with Crippen LogP contribution in [0.4, 0.5) is 5.69 Å². The first-order valence-corrected chi connectivity index (χ1v) is 6.52. The number of aromatic nitrogens is 2. The summed E-state index contributed by atoms with van der Waals surface area (Å²) < 4.78 is 1.80. The van der Waals surface area contributed by atoms with Crippen molar-refractivity contribution in [1.29, 1.82) is 0 Å². The minimum absolute atomic E-state index is 0.126. The predicted molar refractivity (Wildman–Crippen MR) is 72.1 cm³/mol. The van der Waals surface area contributed by atoms with Gasteiger partial charge in [0.05, 0.1) is 16.8 Å². The molecule has 0 saturated heterocycles. The fraction of sp³-hybridized carbons (Fsp3) is 0.273. The lowest BCUT2D eigenvalue weighted by Gasteiger charge is -2.03. The second kappa shape index (κ2) is 4.93. The predicted octanol–water partition coefficient (Wildman–Crippen LogP) is 3.07. The van der Waals surface area contributed by atoms with Gasteiger partial charge in [0.15, 0.2) is 0 Å². The highest BCUT2D eigenvalue weighted by molar-refractivity contribution is 7.80. The molecule has 0 spiro atoms. The lowest BCUT2D eigenvalue weighted by molar-refractivity contribution is 0.103. The molecule has 1 amide bonds. The highest BCUT2D eigenvalue weighted by Crippen LogP contribution is 2.19. The van der Waals surface area contributed by atoms with Crippen molar-refractivity contribution in [2.24, 2.45) is 0 Å². The summed E-state index contributed by atoms with van der Waals surface area (Å²) in [5.74, 6) is -0.126. The van der Waals surface area contributed by atoms with Gasteiger partial charge in [-0.1, -0.05) is 0 Å². The number of thiophene rings is 1. The molecule has 2 rings (SSSR count). The molecular formula is C11H13N3OS2. The average molecular weight is 267 g/mol. The SMILES string of the molecule is CC(C)n1cc(NC(=O)c2cc(S)cs2)cn1. The third-order valence-electron chi connectivity index (χ3n) is 2.20. The zero-order valence-electron chi connectivity index (χ0n) is 9.54. The van der Waals surface area contributed by atoms with E-state index < -0.39 is 0 Å². The average Bonchev–Trinajstić information content (AvgIpc) is 2.86. The number of nitrogens with zero attached hydrogens (tertiary/aromatic N) is 2. The second-order valence-corrected chi connectivity index (χ2v) is 5.35. The van der Waals surface area contributed by atoms with Gasteiger partial charge in [0.25, 0.3) is 5.91 Å². The molecule has 0 unspecified atom stereocenters. The number of hydrogen-bond donors (Lipinski definition) is 2. The van der Waals surface area contributed by atoms with Gasteiger partial charge in [-0.15, -0.1) is 24.0 Å². The number of rotatable bonds is 3. The van der Waals surface area contributed by atoms with Crippen molar-refractivity contribution >= 4 is 35.6 Å². The van der Waals surface area contributed by atoms with E-state index in [9.17, 15) is 4.79 Å². The number of carbonyl (C=O) groups excluding carboxylic acids is 1. The van der Waals surface area contributed by atoms with Crippen LogP contribution >= 0.6 is 24.0 Å².